The van der Waals surface area contributed by atoms with E-state index in [4.69, 9.17) is 10.5 Å². The predicted octanol–water partition coefficient (Wildman–Crippen LogP) is 2.89. The van der Waals surface area contributed by atoms with Crippen LogP contribution in [-0.2, 0) is 4.74 Å². The van der Waals surface area contributed by atoms with Crippen molar-refractivity contribution in [1.29, 1.82) is 0 Å². The van der Waals surface area contributed by atoms with Crippen LogP contribution in [0.2, 0.25) is 0 Å². The summed E-state index contributed by atoms with van der Waals surface area (Å²) in [6, 6.07) is 1.54. The summed E-state index contributed by atoms with van der Waals surface area (Å²) < 4.78 is 31.5. The molecule has 0 unspecified atom stereocenters. The van der Waals surface area contributed by atoms with E-state index in [-0.39, 0.29) is 11.8 Å². The molecule has 0 atom stereocenters. The molecular formula is C12H15F2NO2. The molecule has 0 saturated carbocycles. The van der Waals surface area contributed by atoms with Crippen LogP contribution < -0.4 is 5.73 Å². The highest BCUT2D eigenvalue weighted by Gasteiger charge is 2.19. The molecule has 94 valence electrons. The molecule has 1 rings (SSSR count). The number of benzene rings is 1. The van der Waals surface area contributed by atoms with Gasteiger partial charge in [0.2, 0.25) is 0 Å². The number of nitrogens with two attached hydrogens (primary N) is 1. The zero-order valence-electron chi connectivity index (χ0n) is 9.80. The second-order valence-electron chi connectivity index (χ2n) is 3.70. The third-order valence-electron chi connectivity index (χ3n) is 2.49. The number of hydrogen-bond donors (Lipinski definition) is 1. The third-order valence-corrected chi connectivity index (χ3v) is 2.49. The molecule has 0 spiro atoms. The van der Waals surface area contributed by atoms with Gasteiger partial charge in [-0.3, -0.25) is 0 Å². The lowest BCUT2D eigenvalue weighted by atomic mass is 10.1. The van der Waals surface area contributed by atoms with Crippen molar-refractivity contribution in [2.45, 2.75) is 32.8 Å². The first-order chi connectivity index (χ1) is 7.99. The zero-order chi connectivity index (χ0) is 13.0. The summed E-state index contributed by atoms with van der Waals surface area (Å²) in [5, 5.41) is 0. The van der Waals surface area contributed by atoms with Crippen LogP contribution in [0.15, 0.2) is 12.1 Å². The maximum atomic E-state index is 13.4. The Kier molecular flexibility index (Phi) is 4.43. The molecule has 0 aliphatic heterocycles. The molecule has 3 nitrogen and oxygen atoms in total. The molecule has 0 aliphatic carbocycles. The fourth-order valence-electron chi connectivity index (χ4n) is 1.39. The molecule has 17 heavy (non-hydrogen) atoms. The van der Waals surface area contributed by atoms with E-state index in [9.17, 15) is 13.6 Å². The predicted molar refractivity (Wildman–Crippen MR) is 60.6 cm³/mol. The summed E-state index contributed by atoms with van der Waals surface area (Å²) in [5.41, 5.74) is 4.42. The summed E-state index contributed by atoms with van der Waals surface area (Å²) >= 11 is 0. The highest BCUT2D eigenvalue weighted by molar-refractivity contribution is 5.90. The Morgan fingerprint density at radius 3 is 2.41 bits per heavy atom. The van der Waals surface area contributed by atoms with Gasteiger partial charge < -0.3 is 10.5 Å². The van der Waals surface area contributed by atoms with Gasteiger partial charge in [-0.25, -0.2) is 13.6 Å². The summed E-state index contributed by atoms with van der Waals surface area (Å²) in [7, 11) is 0. The van der Waals surface area contributed by atoms with Crippen LogP contribution in [0.3, 0.4) is 0 Å². The minimum Gasteiger partial charge on any atom is -0.459 e. The van der Waals surface area contributed by atoms with Crippen LogP contribution in [0.4, 0.5) is 14.5 Å². The van der Waals surface area contributed by atoms with Gasteiger partial charge in [0, 0.05) is 6.07 Å². The van der Waals surface area contributed by atoms with E-state index in [0.29, 0.717) is 12.8 Å². The first-order valence-corrected chi connectivity index (χ1v) is 5.45. The zero-order valence-corrected chi connectivity index (χ0v) is 9.80. The van der Waals surface area contributed by atoms with E-state index in [1.807, 2.05) is 13.8 Å². The third kappa shape index (κ3) is 3.15. The van der Waals surface area contributed by atoms with Gasteiger partial charge in [0.05, 0.1) is 11.3 Å². The van der Waals surface area contributed by atoms with Crippen molar-refractivity contribution in [3.05, 3.63) is 29.3 Å². The van der Waals surface area contributed by atoms with E-state index >= 15 is 0 Å². The Morgan fingerprint density at radius 1 is 1.29 bits per heavy atom. The Hall–Kier alpha value is -1.65. The van der Waals surface area contributed by atoms with Crippen molar-refractivity contribution in [1.82, 2.24) is 0 Å². The number of hydrogen-bond acceptors (Lipinski definition) is 3. The van der Waals surface area contributed by atoms with Gasteiger partial charge in [0.15, 0.2) is 0 Å². The number of anilines is 1. The Labute approximate surface area is 98.6 Å². The van der Waals surface area contributed by atoms with E-state index < -0.39 is 23.2 Å². The molecule has 0 aliphatic rings. The van der Waals surface area contributed by atoms with Crippen LogP contribution in [0.25, 0.3) is 0 Å². The summed E-state index contributed by atoms with van der Waals surface area (Å²) in [4.78, 5) is 11.6. The Bertz CT molecular complexity index is 417. The molecule has 0 saturated heterocycles. The molecule has 2 N–H and O–H groups in total. The minimum absolute atomic E-state index is 0.289. The molecule has 0 heterocycles. The van der Waals surface area contributed by atoms with E-state index in [1.54, 1.807) is 0 Å². The first-order valence-electron chi connectivity index (χ1n) is 5.45. The van der Waals surface area contributed by atoms with Gasteiger partial charge in [-0.1, -0.05) is 13.8 Å². The maximum absolute atomic E-state index is 13.4. The second-order valence-corrected chi connectivity index (χ2v) is 3.70. The van der Waals surface area contributed by atoms with Crippen molar-refractivity contribution < 1.29 is 18.3 Å². The number of ether oxygens (including phenoxy) is 1. The highest BCUT2D eigenvalue weighted by Crippen LogP contribution is 2.18. The monoisotopic (exact) mass is 243 g/mol. The second kappa shape index (κ2) is 5.61. The number of halogens is 2. The molecule has 0 radical (unpaired) electrons. The van der Waals surface area contributed by atoms with Gasteiger partial charge in [0.1, 0.15) is 17.7 Å². The minimum atomic E-state index is -0.875. The first kappa shape index (κ1) is 13.4. The number of esters is 1. The molecule has 5 heteroatoms. The van der Waals surface area contributed by atoms with Crippen LogP contribution in [-0.4, -0.2) is 12.1 Å². The smallest absolute Gasteiger partial charge is 0.341 e. The van der Waals surface area contributed by atoms with E-state index in [2.05, 4.69) is 0 Å². The summed E-state index contributed by atoms with van der Waals surface area (Å²) in [6.45, 7) is 3.70. The van der Waals surface area contributed by atoms with E-state index in [1.165, 1.54) is 0 Å². The highest BCUT2D eigenvalue weighted by atomic mass is 19.1. The van der Waals surface area contributed by atoms with Crippen LogP contribution in [0.5, 0.6) is 0 Å². The fraction of sp³-hybridized carbons (Fsp3) is 0.417. The molecular weight excluding hydrogens is 228 g/mol. The lowest BCUT2D eigenvalue weighted by Gasteiger charge is -2.14. The van der Waals surface area contributed by atoms with Crippen molar-refractivity contribution in [2.24, 2.45) is 0 Å². The van der Waals surface area contributed by atoms with Gasteiger partial charge >= 0.3 is 5.97 Å². The quantitative estimate of drug-likeness (QED) is 0.653. The van der Waals surface area contributed by atoms with Crippen LogP contribution in [0, 0.1) is 11.6 Å². The van der Waals surface area contributed by atoms with Crippen molar-refractivity contribution in [3.8, 4) is 0 Å². The SMILES string of the molecule is CCC(CC)OC(=O)c1cc(F)c(N)cc1F. The lowest BCUT2D eigenvalue weighted by Crippen LogP contribution is -2.18. The fourth-order valence-corrected chi connectivity index (χ4v) is 1.39. The number of nitrogen functional groups attached to an aromatic ring is 1. The van der Waals surface area contributed by atoms with Gasteiger partial charge in [-0.05, 0) is 18.9 Å². The van der Waals surface area contributed by atoms with Gasteiger partial charge in [0.25, 0.3) is 0 Å². The largest absolute Gasteiger partial charge is 0.459 e. The summed E-state index contributed by atoms with van der Waals surface area (Å²) in [5.74, 6) is -2.57. The molecule has 1 aromatic carbocycles. The van der Waals surface area contributed by atoms with Crippen molar-refractivity contribution in [2.75, 3.05) is 5.73 Å². The normalized spacial score (nSPS) is 10.6. The topological polar surface area (TPSA) is 52.3 Å². The van der Waals surface area contributed by atoms with Crippen molar-refractivity contribution in [3.63, 3.8) is 0 Å². The van der Waals surface area contributed by atoms with Gasteiger partial charge in [-0.2, -0.15) is 0 Å². The average molecular weight is 243 g/mol. The van der Waals surface area contributed by atoms with Crippen LogP contribution >= 0.6 is 0 Å². The number of carbonyl (C=O) groups excluding carboxylic acids is 1. The van der Waals surface area contributed by atoms with E-state index in [0.717, 1.165) is 12.1 Å². The number of rotatable bonds is 4. The molecule has 0 aromatic heterocycles. The Balaban J connectivity index is 2.93. The Morgan fingerprint density at radius 2 is 1.88 bits per heavy atom. The van der Waals surface area contributed by atoms with Crippen molar-refractivity contribution >= 4 is 11.7 Å². The molecule has 0 bridgehead atoms. The van der Waals surface area contributed by atoms with Crippen LogP contribution in [0.1, 0.15) is 37.0 Å². The standard InChI is InChI=1S/C12H15F2NO2/c1-3-7(4-2)17-12(16)8-5-10(14)11(15)6-9(8)13/h5-7H,3-4,15H2,1-2H3. The molecule has 1 aromatic rings. The lowest BCUT2D eigenvalue weighted by molar-refractivity contribution is 0.0278. The average Bonchev–Trinajstić information content (AvgIpc) is 2.30. The van der Waals surface area contributed by atoms with Gasteiger partial charge in [-0.15, -0.1) is 0 Å². The molecule has 0 fully saturated rings. The summed E-state index contributed by atoms with van der Waals surface area (Å²) in [6.07, 6.45) is 0.963. The maximum Gasteiger partial charge on any atom is 0.341 e. The number of carbonyl (C=O) groups is 1. The molecule has 0 amide bonds.